The summed E-state index contributed by atoms with van der Waals surface area (Å²) in [7, 11) is 0. The summed E-state index contributed by atoms with van der Waals surface area (Å²) in [6.45, 7) is 4.82. The van der Waals surface area contributed by atoms with Gasteiger partial charge < -0.3 is 14.4 Å². The molecular formula is C28H30N2O6. The average Bonchev–Trinajstić information content (AvgIpc) is 3.37. The van der Waals surface area contributed by atoms with Gasteiger partial charge in [-0.25, -0.2) is 0 Å². The van der Waals surface area contributed by atoms with Gasteiger partial charge in [0.25, 0.3) is 0 Å². The van der Waals surface area contributed by atoms with Crippen LogP contribution in [0.15, 0.2) is 48.5 Å². The predicted octanol–water partition coefficient (Wildman–Crippen LogP) is 3.97. The maximum Gasteiger partial charge on any atom is 0.316 e. The number of rotatable bonds is 6. The molecule has 0 radical (unpaired) electrons. The summed E-state index contributed by atoms with van der Waals surface area (Å²) < 4.78 is 11.0. The van der Waals surface area contributed by atoms with Gasteiger partial charge in [0, 0.05) is 18.7 Å². The number of benzene rings is 2. The highest BCUT2D eigenvalue weighted by atomic mass is 16.5. The molecule has 2 saturated heterocycles. The number of imide groups is 1. The molecule has 8 heteroatoms. The standard InChI is InChI=1S/C28H30N2O6/c1-3-35-21-9-5-19(6-10-21)29-16-18(15-25(29)31)28(34)36-22-11-7-20(8-12-22)30-26(32)23-13-4-17(2)14-24(23)27(30)33/h5-12,17-18,23-24H,3-4,13-16H2,1-2H3. The Morgan fingerprint density at radius 2 is 1.53 bits per heavy atom. The average molecular weight is 491 g/mol. The number of esters is 1. The van der Waals surface area contributed by atoms with Crippen LogP contribution in [0.2, 0.25) is 0 Å². The minimum Gasteiger partial charge on any atom is -0.494 e. The largest absolute Gasteiger partial charge is 0.494 e. The lowest BCUT2D eigenvalue weighted by Crippen LogP contribution is -2.30. The maximum absolute atomic E-state index is 12.9. The van der Waals surface area contributed by atoms with E-state index in [1.165, 1.54) is 4.90 Å². The summed E-state index contributed by atoms with van der Waals surface area (Å²) >= 11 is 0. The molecule has 3 aliphatic rings. The zero-order valence-corrected chi connectivity index (χ0v) is 20.5. The Morgan fingerprint density at radius 1 is 0.889 bits per heavy atom. The van der Waals surface area contributed by atoms with Crippen LogP contribution >= 0.6 is 0 Å². The predicted molar refractivity (Wildman–Crippen MR) is 133 cm³/mol. The molecule has 36 heavy (non-hydrogen) atoms. The molecule has 188 valence electrons. The first-order chi connectivity index (χ1) is 17.4. The lowest BCUT2D eigenvalue weighted by atomic mass is 9.76. The highest BCUT2D eigenvalue weighted by Gasteiger charge is 2.50. The molecule has 4 unspecified atom stereocenters. The van der Waals surface area contributed by atoms with Crippen molar-refractivity contribution in [1.29, 1.82) is 0 Å². The molecule has 1 aliphatic carbocycles. The Bertz CT molecular complexity index is 1180. The summed E-state index contributed by atoms with van der Waals surface area (Å²) in [5.74, 6) is -0.495. The second kappa shape index (κ2) is 9.76. The summed E-state index contributed by atoms with van der Waals surface area (Å²) in [5, 5.41) is 0. The summed E-state index contributed by atoms with van der Waals surface area (Å²) in [6, 6.07) is 13.6. The van der Waals surface area contributed by atoms with Crippen molar-refractivity contribution in [2.45, 2.75) is 39.5 Å². The summed E-state index contributed by atoms with van der Waals surface area (Å²) in [4.78, 5) is 54.0. The number of fused-ring (bicyclic) bond motifs is 1. The van der Waals surface area contributed by atoms with E-state index in [4.69, 9.17) is 9.47 Å². The first-order valence-corrected chi connectivity index (χ1v) is 12.6. The van der Waals surface area contributed by atoms with Gasteiger partial charge >= 0.3 is 5.97 Å². The fourth-order valence-corrected chi connectivity index (χ4v) is 5.51. The number of anilines is 2. The third kappa shape index (κ3) is 4.47. The molecule has 8 nitrogen and oxygen atoms in total. The number of carbonyl (C=O) groups is 4. The molecule has 2 heterocycles. The fourth-order valence-electron chi connectivity index (χ4n) is 5.51. The molecule has 0 aromatic heterocycles. The highest BCUT2D eigenvalue weighted by molar-refractivity contribution is 6.22. The van der Waals surface area contributed by atoms with Gasteiger partial charge in [-0.05, 0) is 80.6 Å². The Kier molecular flexibility index (Phi) is 6.51. The Morgan fingerprint density at radius 3 is 2.22 bits per heavy atom. The van der Waals surface area contributed by atoms with Crippen LogP contribution in [0.3, 0.4) is 0 Å². The Hall–Kier alpha value is -3.68. The zero-order chi connectivity index (χ0) is 25.4. The zero-order valence-electron chi connectivity index (χ0n) is 20.5. The number of carbonyl (C=O) groups excluding carboxylic acids is 4. The van der Waals surface area contributed by atoms with Gasteiger partial charge in [-0.3, -0.25) is 24.1 Å². The minimum atomic E-state index is -0.587. The van der Waals surface area contributed by atoms with Crippen LogP contribution in [0.25, 0.3) is 0 Å². The van der Waals surface area contributed by atoms with Crippen molar-refractivity contribution in [3.05, 3.63) is 48.5 Å². The first-order valence-electron chi connectivity index (χ1n) is 12.6. The van der Waals surface area contributed by atoms with E-state index in [1.54, 1.807) is 53.4 Å². The van der Waals surface area contributed by atoms with Gasteiger partial charge in [0.2, 0.25) is 17.7 Å². The lowest BCUT2D eigenvalue weighted by molar-refractivity contribution is -0.139. The van der Waals surface area contributed by atoms with Gasteiger partial charge in [-0.1, -0.05) is 6.92 Å². The summed E-state index contributed by atoms with van der Waals surface area (Å²) in [5.41, 5.74) is 1.20. The topological polar surface area (TPSA) is 93.2 Å². The van der Waals surface area contributed by atoms with Crippen molar-refractivity contribution in [2.75, 3.05) is 23.0 Å². The fraction of sp³-hybridized carbons (Fsp3) is 0.429. The van der Waals surface area contributed by atoms with Crippen LogP contribution in [-0.2, 0) is 19.2 Å². The van der Waals surface area contributed by atoms with Crippen molar-refractivity contribution in [2.24, 2.45) is 23.7 Å². The molecule has 0 spiro atoms. The SMILES string of the molecule is CCOc1ccc(N2CC(C(=O)Oc3ccc(N4C(=O)C5CCC(C)CC5C4=O)cc3)CC2=O)cc1. The quantitative estimate of drug-likeness (QED) is 0.346. The van der Waals surface area contributed by atoms with E-state index >= 15 is 0 Å². The third-order valence-electron chi connectivity index (χ3n) is 7.42. The second-order valence-corrected chi connectivity index (χ2v) is 9.89. The molecule has 3 amide bonds. The Labute approximate surface area is 210 Å². The smallest absolute Gasteiger partial charge is 0.316 e. The molecule has 0 bridgehead atoms. The number of amides is 3. The molecule has 5 rings (SSSR count). The molecule has 2 aromatic rings. The van der Waals surface area contributed by atoms with Gasteiger partial charge in [-0.15, -0.1) is 0 Å². The molecule has 2 aromatic carbocycles. The Balaban J connectivity index is 1.21. The van der Waals surface area contributed by atoms with Crippen LogP contribution in [0.4, 0.5) is 11.4 Å². The monoisotopic (exact) mass is 490 g/mol. The van der Waals surface area contributed by atoms with Crippen molar-refractivity contribution in [3.8, 4) is 11.5 Å². The number of nitrogens with zero attached hydrogens (tertiary/aromatic N) is 2. The van der Waals surface area contributed by atoms with Crippen molar-refractivity contribution in [3.63, 3.8) is 0 Å². The van der Waals surface area contributed by atoms with Gasteiger partial charge in [0.05, 0.1) is 30.0 Å². The highest BCUT2D eigenvalue weighted by Crippen LogP contribution is 2.42. The number of hydrogen-bond donors (Lipinski definition) is 0. The number of hydrogen-bond acceptors (Lipinski definition) is 6. The van der Waals surface area contributed by atoms with Crippen molar-refractivity contribution < 1.29 is 28.7 Å². The van der Waals surface area contributed by atoms with Gasteiger partial charge in [0.15, 0.2) is 0 Å². The van der Waals surface area contributed by atoms with E-state index in [-0.39, 0.29) is 42.5 Å². The molecule has 1 saturated carbocycles. The molecule has 4 atom stereocenters. The van der Waals surface area contributed by atoms with Crippen LogP contribution < -0.4 is 19.3 Å². The van der Waals surface area contributed by atoms with E-state index in [2.05, 4.69) is 6.92 Å². The lowest BCUT2D eigenvalue weighted by Gasteiger charge is -2.25. The van der Waals surface area contributed by atoms with Crippen molar-refractivity contribution in [1.82, 2.24) is 0 Å². The molecule has 0 N–H and O–H groups in total. The third-order valence-corrected chi connectivity index (χ3v) is 7.42. The number of ether oxygens (including phenoxy) is 2. The van der Waals surface area contributed by atoms with Crippen LogP contribution in [-0.4, -0.2) is 36.8 Å². The normalized spacial score (nSPS) is 25.8. The molecule has 3 fully saturated rings. The first kappa shape index (κ1) is 24.0. The minimum absolute atomic E-state index is 0.0715. The molecular weight excluding hydrogens is 460 g/mol. The van der Waals surface area contributed by atoms with Gasteiger partial charge in [-0.2, -0.15) is 0 Å². The van der Waals surface area contributed by atoms with Gasteiger partial charge in [0.1, 0.15) is 11.5 Å². The van der Waals surface area contributed by atoms with E-state index in [1.807, 2.05) is 6.92 Å². The van der Waals surface area contributed by atoms with Crippen LogP contribution in [0.5, 0.6) is 11.5 Å². The molecule has 2 aliphatic heterocycles. The van der Waals surface area contributed by atoms with E-state index in [0.29, 0.717) is 29.6 Å². The summed E-state index contributed by atoms with van der Waals surface area (Å²) in [6.07, 6.45) is 2.52. The van der Waals surface area contributed by atoms with Crippen LogP contribution in [0.1, 0.15) is 39.5 Å². The van der Waals surface area contributed by atoms with Crippen molar-refractivity contribution >= 4 is 35.1 Å². The second-order valence-electron chi connectivity index (χ2n) is 9.89. The maximum atomic E-state index is 12.9. The van der Waals surface area contributed by atoms with E-state index in [9.17, 15) is 19.2 Å². The van der Waals surface area contributed by atoms with Crippen LogP contribution in [0, 0.1) is 23.7 Å². The van der Waals surface area contributed by atoms with E-state index < -0.39 is 11.9 Å². The van der Waals surface area contributed by atoms with E-state index in [0.717, 1.165) is 25.0 Å².